The summed E-state index contributed by atoms with van der Waals surface area (Å²) in [7, 11) is 1.72. The minimum absolute atomic E-state index is 0.333. The average Bonchev–Trinajstić information content (AvgIpc) is 2.53. The van der Waals surface area contributed by atoms with Crippen LogP contribution in [0, 0.1) is 0 Å². The number of hydrogen-bond donors (Lipinski definition) is 1. The van der Waals surface area contributed by atoms with E-state index in [1.807, 2.05) is 12.3 Å². The smallest absolute Gasteiger partial charge is 0.133 e. The highest BCUT2D eigenvalue weighted by atomic mass is 16.5. The Morgan fingerprint density at radius 2 is 2.38 bits per heavy atom. The Bertz CT molecular complexity index is 412. The van der Waals surface area contributed by atoms with Gasteiger partial charge in [-0.15, -0.1) is 0 Å². The first-order valence-electron chi connectivity index (χ1n) is 7.85. The van der Waals surface area contributed by atoms with Gasteiger partial charge in [-0.25, -0.2) is 4.98 Å². The highest BCUT2D eigenvalue weighted by molar-refractivity contribution is 5.47. The first kappa shape index (κ1) is 16.2. The Kier molecular flexibility index (Phi) is 6.92. The van der Waals surface area contributed by atoms with Crippen LogP contribution in [0.5, 0.6) is 0 Å². The Morgan fingerprint density at radius 1 is 1.48 bits per heavy atom. The number of nitrogens with zero attached hydrogens (tertiary/aromatic N) is 2. The van der Waals surface area contributed by atoms with E-state index in [-0.39, 0.29) is 0 Å². The van der Waals surface area contributed by atoms with Gasteiger partial charge in [0.05, 0.1) is 12.7 Å². The Labute approximate surface area is 127 Å². The van der Waals surface area contributed by atoms with Crippen molar-refractivity contribution in [2.75, 3.05) is 44.9 Å². The summed E-state index contributed by atoms with van der Waals surface area (Å²) in [5.74, 6) is 1.09. The molecular formula is C16H27N3O2. The van der Waals surface area contributed by atoms with Gasteiger partial charge in [-0.2, -0.15) is 0 Å². The summed E-state index contributed by atoms with van der Waals surface area (Å²) in [6, 6.07) is 4.15. The molecule has 2 rings (SSSR count). The second kappa shape index (κ2) is 8.97. The van der Waals surface area contributed by atoms with Crippen molar-refractivity contribution >= 4 is 5.82 Å². The molecule has 1 fully saturated rings. The van der Waals surface area contributed by atoms with Gasteiger partial charge in [0.2, 0.25) is 0 Å². The van der Waals surface area contributed by atoms with Crippen molar-refractivity contribution in [2.45, 2.75) is 32.4 Å². The number of rotatable bonds is 8. The third kappa shape index (κ3) is 4.95. The SMILES string of the molecule is CCOC1CCCN(c2ncccc2CNCCOC)C1. The molecule has 0 bridgehead atoms. The molecule has 1 unspecified atom stereocenters. The minimum atomic E-state index is 0.333. The zero-order valence-electron chi connectivity index (χ0n) is 13.2. The van der Waals surface area contributed by atoms with Crippen LogP contribution in [-0.2, 0) is 16.0 Å². The molecule has 5 heteroatoms. The van der Waals surface area contributed by atoms with Crippen LogP contribution in [0.15, 0.2) is 18.3 Å². The maximum absolute atomic E-state index is 5.79. The molecule has 1 aromatic heterocycles. The molecule has 0 saturated carbocycles. The van der Waals surface area contributed by atoms with Crippen molar-refractivity contribution < 1.29 is 9.47 Å². The molecule has 2 heterocycles. The number of anilines is 1. The van der Waals surface area contributed by atoms with E-state index in [2.05, 4.69) is 28.2 Å². The summed E-state index contributed by atoms with van der Waals surface area (Å²) < 4.78 is 10.8. The predicted octanol–water partition coefficient (Wildman–Crippen LogP) is 1.82. The molecule has 1 aliphatic heterocycles. The lowest BCUT2D eigenvalue weighted by Gasteiger charge is -2.34. The number of aromatic nitrogens is 1. The van der Waals surface area contributed by atoms with Crippen LogP contribution in [0.1, 0.15) is 25.3 Å². The lowest BCUT2D eigenvalue weighted by Crippen LogP contribution is -2.40. The molecule has 5 nitrogen and oxygen atoms in total. The van der Waals surface area contributed by atoms with E-state index in [4.69, 9.17) is 9.47 Å². The van der Waals surface area contributed by atoms with Gasteiger partial charge in [-0.1, -0.05) is 6.07 Å². The van der Waals surface area contributed by atoms with Crippen molar-refractivity contribution in [1.29, 1.82) is 0 Å². The van der Waals surface area contributed by atoms with E-state index < -0.39 is 0 Å². The molecule has 1 aliphatic rings. The third-order valence-electron chi connectivity index (χ3n) is 3.75. The zero-order valence-corrected chi connectivity index (χ0v) is 13.2. The fourth-order valence-corrected chi connectivity index (χ4v) is 2.75. The summed E-state index contributed by atoms with van der Waals surface area (Å²) in [6.07, 6.45) is 4.52. The van der Waals surface area contributed by atoms with Gasteiger partial charge in [-0.3, -0.25) is 0 Å². The molecule has 1 atom stereocenters. The molecule has 0 radical (unpaired) electrons. The molecule has 21 heavy (non-hydrogen) atoms. The number of piperidine rings is 1. The summed E-state index contributed by atoms with van der Waals surface area (Å²) >= 11 is 0. The molecule has 1 aromatic rings. The Hall–Kier alpha value is -1.17. The van der Waals surface area contributed by atoms with Crippen molar-refractivity contribution in [1.82, 2.24) is 10.3 Å². The van der Waals surface area contributed by atoms with Crippen LogP contribution < -0.4 is 10.2 Å². The number of pyridine rings is 1. The van der Waals surface area contributed by atoms with E-state index in [1.165, 1.54) is 5.56 Å². The molecule has 1 N–H and O–H groups in total. The van der Waals surface area contributed by atoms with Crippen LogP contribution in [-0.4, -0.2) is 51.0 Å². The van der Waals surface area contributed by atoms with Crippen LogP contribution in [0.3, 0.4) is 0 Å². The first-order valence-corrected chi connectivity index (χ1v) is 7.85. The Balaban J connectivity index is 1.97. The number of ether oxygens (including phenoxy) is 2. The quantitative estimate of drug-likeness (QED) is 0.741. The van der Waals surface area contributed by atoms with Crippen LogP contribution >= 0.6 is 0 Å². The topological polar surface area (TPSA) is 46.6 Å². The largest absolute Gasteiger partial charge is 0.383 e. The summed E-state index contributed by atoms with van der Waals surface area (Å²) in [5, 5.41) is 3.40. The van der Waals surface area contributed by atoms with Crippen molar-refractivity contribution in [3.63, 3.8) is 0 Å². The van der Waals surface area contributed by atoms with Crippen LogP contribution in [0.25, 0.3) is 0 Å². The van der Waals surface area contributed by atoms with E-state index in [0.29, 0.717) is 6.10 Å². The summed E-state index contributed by atoms with van der Waals surface area (Å²) in [4.78, 5) is 6.95. The van der Waals surface area contributed by atoms with Crippen molar-refractivity contribution in [3.05, 3.63) is 23.9 Å². The second-order valence-corrected chi connectivity index (χ2v) is 5.32. The van der Waals surface area contributed by atoms with Gasteiger partial charge in [0, 0.05) is 51.7 Å². The minimum Gasteiger partial charge on any atom is -0.383 e. The van der Waals surface area contributed by atoms with Crippen LogP contribution in [0.4, 0.5) is 5.82 Å². The lowest BCUT2D eigenvalue weighted by molar-refractivity contribution is 0.0525. The standard InChI is InChI=1S/C16H27N3O2/c1-3-21-15-7-5-10-19(13-15)16-14(6-4-8-18-16)12-17-9-11-20-2/h4,6,8,15,17H,3,5,7,9-13H2,1-2H3. The average molecular weight is 293 g/mol. The first-order chi connectivity index (χ1) is 10.3. The van der Waals surface area contributed by atoms with Gasteiger partial charge in [0.15, 0.2) is 0 Å². The molecule has 0 amide bonds. The fourth-order valence-electron chi connectivity index (χ4n) is 2.75. The maximum Gasteiger partial charge on any atom is 0.133 e. The van der Waals surface area contributed by atoms with Crippen molar-refractivity contribution in [3.8, 4) is 0 Å². The highest BCUT2D eigenvalue weighted by Crippen LogP contribution is 2.22. The van der Waals surface area contributed by atoms with E-state index >= 15 is 0 Å². The van der Waals surface area contributed by atoms with E-state index in [0.717, 1.165) is 58.1 Å². The van der Waals surface area contributed by atoms with E-state index in [9.17, 15) is 0 Å². The van der Waals surface area contributed by atoms with Crippen LogP contribution in [0.2, 0.25) is 0 Å². The van der Waals surface area contributed by atoms with Gasteiger partial charge in [0.25, 0.3) is 0 Å². The lowest BCUT2D eigenvalue weighted by atomic mass is 10.1. The third-order valence-corrected chi connectivity index (χ3v) is 3.75. The number of hydrogen-bond acceptors (Lipinski definition) is 5. The summed E-state index contributed by atoms with van der Waals surface area (Å²) in [5.41, 5.74) is 1.24. The maximum atomic E-state index is 5.79. The van der Waals surface area contributed by atoms with Gasteiger partial charge in [0.1, 0.15) is 5.82 Å². The predicted molar refractivity (Wildman–Crippen MR) is 84.7 cm³/mol. The van der Waals surface area contributed by atoms with Gasteiger partial charge in [-0.05, 0) is 25.8 Å². The van der Waals surface area contributed by atoms with Gasteiger partial charge >= 0.3 is 0 Å². The normalized spacial score (nSPS) is 19.0. The molecular weight excluding hydrogens is 266 g/mol. The molecule has 0 aromatic carbocycles. The fraction of sp³-hybridized carbons (Fsp3) is 0.688. The number of nitrogens with one attached hydrogen (secondary N) is 1. The van der Waals surface area contributed by atoms with E-state index in [1.54, 1.807) is 7.11 Å². The molecule has 118 valence electrons. The van der Waals surface area contributed by atoms with Crippen molar-refractivity contribution in [2.24, 2.45) is 0 Å². The second-order valence-electron chi connectivity index (χ2n) is 5.32. The molecule has 1 saturated heterocycles. The molecule has 0 aliphatic carbocycles. The zero-order chi connectivity index (χ0) is 14.9. The summed E-state index contributed by atoms with van der Waals surface area (Å²) in [6.45, 7) is 7.25. The monoisotopic (exact) mass is 293 g/mol. The molecule has 0 spiro atoms. The Morgan fingerprint density at radius 3 is 3.19 bits per heavy atom. The van der Waals surface area contributed by atoms with Gasteiger partial charge < -0.3 is 19.7 Å². The highest BCUT2D eigenvalue weighted by Gasteiger charge is 2.22. The number of methoxy groups -OCH3 is 1.